The first-order valence-electron chi connectivity index (χ1n) is 7.55. The summed E-state index contributed by atoms with van der Waals surface area (Å²) in [6.45, 7) is 2.99. The van der Waals surface area contributed by atoms with Gasteiger partial charge in [0.05, 0.1) is 5.69 Å². The molecule has 3 heterocycles. The van der Waals surface area contributed by atoms with Gasteiger partial charge in [-0.1, -0.05) is 6.92 Å². The van der Waals surface area contributed by atoms with Gasteiger partial charge >= 0.3 is 0 Å². The second-order valence-corrected chi connectivity index (χ2v) is 7.11. The number of fused-ring (bicyclic) bond motifs is 2. The van der Waals surface area contributed by atoms with Crippen molar-refractivity contribution in [1.29, 1.82) is 0 Å². The van der Waals surface area contributed by atoms with Crippen LogP contribution in [0, 0.1) is 0 Å². The Hall–Kier alpha value is -2.48. The maximum Gasteiger partial charge on any atom is 0.292 e. The fraction of sp³-hybridized carbons (Fsp3) is 0.312. The number of thioether (sulfide) groups is 1. The molecule has 0 aliphatic carbocycles. The quantitative estimate of drug-likeness (QED) is 0.748. The zero-order valence-electron chi connectivity index (χ0n) is 13.5. The van der Waals surface area contributed by atoms with Crippen LogP contribution in [0.1, 0.15) is 12.6 Å². The molecule has 1 aliphatic heterocycles. The number of benzene rings is 1. The fourth-order valence-corrected chi connectivity index (χ4v) is 4.22. The maximum absolute atomic E-state index is 6.18. The minimum Gasteiger partial charge on any atom is -0.424 e. The summed E-state index contributed by atoms with van der Waals surface area (Å²) < 4.78 is 5.35. The number of rotatable bonds is 3. The van der Waals surface area contributed by atoms with E-state index in [1.54, 1.807) is 11.8 Å². The van der Waals surface area contributed by atoms with Gasteiger partial charge in [0.25, 0.3) is 6.01 Å². The van der Waals surface area contributed by atoms with Crippen molar-refractivity contribution in [2.75, 3.05) is 34.9 Å². The van der Waals surface area contributed by atoms with Gasteiger partial charge in [-0.05, 0) is 24.5 Å². The summed E-state index contributed by atoms with van der Waals surface area (Å²) in [5.41, 5.74) is 16.0. The smallest absolute Gasteiger partial charge is 0.292 e. The van der Waals surface area contributed by atoms with Gasteiger partial charge in [0.1, 0.15) is 17.5 Å². The van der Waals surface area contributed by atoms with Crippen LogP contribution in [0.2, 0.25) is 0 Å². The Kier molecular flexibility index (Phi) is 3.31. The number of hydrogen-bond acceptors (Lipinski definition) is 8. The molecule has 0 saturated heterocycles. The molecule has 1 aliphatic rings. The molecular weight excluding hydrogens is 324 g/mol. The molecule has 7 nitrogen and oxygen atoms in total. The first kappa shape index (κ1) is 15.1. The molecule has 2 aromatic heterocycles. The van der Waals surface area contributed by atoms with Crippen LogP contribution in [0.3, 0.4) is 0 Å². The minimum absolute atomic E-state index is 0.0936. The van der Waals surface area contributed by atoms with E-state index in [-0.39, 0.29) is 11.4 Å². The van der Waals surface area contributed by atoms with Crippen molar-refractivity contribution in [3.8, 4) is 0 Å². The van der Waals surface area contributed by atoms with Crippen LogP contribution in [0.4, 0.5) is 23.2 Å². The average Bonchev–Trinajstić information content (AvgIpc) is 3.05. The van der Waals surface area contributed by atoms with Crippen LogP contribution in [-0.4, -0.2) is 33.5 Å². The first-order valence-corrected chi connectivity index (χ1v) is 8.95. The zero-order valence-corrected chi connectivity index (χ0v) is 14.3. The van der Waals surface area contributed by atoms with E-state index in [2.05, 4.69) is 33.0 Å². The van der Waals surface area contributed by atoms with E-state index in [0.29, 0.717) is 11.4 Å². The van der Waals surface area contributed by atoms with Crippen molar-refractivity contribution in [3.63, 3.8) is 0 Å². The lowest BCUT2D eigenvalue weighted by atomic mass is 9.91. The van der Waals surface area contributed by atoms with Gasteiger partial charge in [0, 0.05) is 23.4 Å². The van der Waals surface area contributed by atoms with Crippen LogP contribution in [0.25, 0.3) is 11.1 Å². The lowest BCUT2D eigenvalue weighted by Crippen LogP contribution is -2.31. The van der Waals surface area contributed by atoms with Crippen molar-refractivity contribution in [2.45, 2.75) is 12.3 Å². The summed E-state index contributed by atoms with van der Waals surface area (Å²) in [7, 11) is 0. The molecule has 1 aromatic carbocycles. The van der Waals surface area contributed by atoms with Crippen molar-refractivity contribution >= 4 is 46.1 Å². The number of aromatic nitrogens is 3. The fourth-order valence-electron chi connectivity index (χ4n) is 3.36. The molecule has 8 heteroatoms. The highest BCUT2D eigenvalue weighted by Crippen LogP contribution is 2.47. The summed E-state index contributed by atoms with van der Waals surface area (Å²) in [4.78, 5) is 15.1. The maximum atomic E-state index is 6.18. The van der Waals surface area contributed by atoms with Crippen LogP contribution in [0.5, 0.6) is 0 Å². The summed E-state index contributed by atoms with van der Waals surface area (Å²) >= 11 is 1.80. The van der Waals surface area contributed by atoms with E-state index in [0.717, 1.165) is 34.9 Å². The topological polar surface area (TPSA) is 107 Å². The Balaban J connectivity index is 1.86. The first-order chi connectivity index (χ1) is 11.5. The van der Waals surface area contributed by atoms with Crippen molar-refractivity contribution in [1.82, 2.24) is 15.0 Å². The van der Waals surface area contributed by atoms with Crippen LogP contribution < -0.4 is 16.4 Å². The Morgan fingerprint density at radius 2 is 2.17 bits per heavy atom. The lowest BCUT2D eigenvalue weighted by molar-refractivity contribution is 0.564. The van der Waals surface area contributed by atoms with Gasteiger partial charge in [-0.15, -0.1) is 0 Å². The third-order valence-corrected chi connectivity index (χ3v) is 5.29. The number of anilines is 4. The van der Waals surface area contributed by atoms with Crippen molar-refractivity contribution in [3.05, 3.63) is 30.2 Å². The number of hydrogen-bond donors (Lipinski definition) is 2. The molecule has 0 amide bonds. The van der Waals surface area contributed by atoms with E-state index in [1.807, 2.05) is 18.2 Å². The van der Waals surface area contributed by atoms with E-state index >= 15 is 0 Å². The molecule has 4 N–H and O–H groups in total. The van der Waals surface area contributed by atoms with Crippen LogP contribution in [-0.2, 0) is 5.41 Å². The Morgan fingerprint density at radius 3 is 2.96 bits per heavy atom. The Bertz CT molecular complexity index is 926. The highest BCUT2D eigenvalue weighted by atomic mass is 32.2. The largest absolute Gasteiger partial charge is 0.424 e. The van der Waals surface area contributed by atoms with Gasteiger partial charge < -0.3 is 20.8 Å². The molecule has 124 valence electrons. The molecule has 3 aromatic rings. The second-order valence-electron chi connectivity index (χ2n) is 6.24. The number of nitrogen functional groups attached to an aromatic ring is 2. The zero-order chi connectivity index (χ0) is 16.9. The normalized spacial score (nSPS) is 19.8. The van der Waals surface area contributed by atoms with Crippen LogP contribution in [0.15, 0.2) is 28.9 Å². The van der Waals surface area contributed by atoms with Gasteiger partial charge in [-0.3, -0.25) is 0 Å². The molecule has 0 radical (unpaired) electrons. The van der Waals surface area contributed by atoms with Crippen molar-refractivity contribution < 1.29 is 4.42 Å². The molecular formula is C16H18N6OS. The molecule has 24 heavy (non-hydrogen) atoms. The summed E-state index contributed by atoms with van der Waals surface area (Å²) in [5.74, 6) is 1.44. The predicted molar refractivity (Wildman–Crippen MR) is 97.6 cm³/mol. The van der Waals surface area contributed by atoms with Crippen molar-refractivity contribution in [2.24, 2.45) is 0 Å². The number of nitrogens with zero attached hydrogens (tertiary/aromatic N) is 4. The predicted octanol–water partition coefficient (Wildman–Crippen LogP) is 2.55. The monoisotopic (exact) mass is 342 g/mol. The molecule has 1 unspecified atom stereocenters. The van der Waals surface area contributed by atoms with E-state index in [9.17, 15) is 0 Å². The second kappa shape index (κ2) is 5.27. The van der Waals surface area contributed by atoms with Gasteiger partial charge in [0.15, 0.2) is 11.4 Å². The van der Waals surface area contributed by atoms with E-state index < -0.39 is 0 Å². The highest BCUT2D eigenvalue weighted by Gasteiger charge is 2.42. The SMILES string of the molecule is CSCC1(C)CN(c2ccc3oc(N)nc3c2)c2c(N)ncnc21. The molecule has 0 spiro atoms. The number of nitrogens with two attached hydrogens (primary N) is 2. The number of oxazole rings is 1. The molecule has 0 fully saturated rings. The molecule has 0 saturated carbocycles. The van der Waals surface area contributed by atoms with E-state index in [4.69, 9.17) is 15.9 Å². The van der Waals surface area contributed by atoms with E-state index in [1.165, 1.54) is 6.33 Å². The van der Waals surface area contributed by atoms with Gasteiger partial charge in [-0.25, -0.2) is 9.97 Å². The van der Waals surface area contributed by atoms with Gasteiger partial charge in [0.2, 0.25) is 0 Å². The standard InChI is InChI=1S/C16H18N6OS/c1-16(7-24-2)6-22(12-13(16)19-8-20-14(12)17)9-3-4-11-10(5-9)21-15(18)23-11/h3-5,8H,6-7H2,1-2H3,(H2,18,21)(H2,17,19,20). The molecule has 4 rings (SSSR count). The Morgan fingerprint density at radius 1 is 1.33 bits per heavy atom. The molecule has 0 bridgehead atoms. The van der Waals surface area contributed by atoms with Crippen LogP contribution >= 0.6 is 11.8 Å². The summed E-state index contributed by atoms with van der Waals surface area (Å²) in [5, 5.41) is 0. The highest BCUT2D eigenvalue weighted by molar-refractivity contribution is 7.98. The molecule has 1 atom stereocenters. The third kappa shape index (κ3) is 2.17. The summed E-state index contributed by atoms with van der Waals surface area (Å²) in [6, 6.07) is 5.97. The third-order valence-electron chi connectivity index (χ3n) is 4.36. The minimum atomic E-state index is -0.0936. The van der Waals surface area contributed by atoms with Gasteiger partial charge in [-0.2, -0.15) is 16.7 Å². The summed E-state index contributed by atoms with van der Waals surface area (Å²) in [6.07, 6.45) is 3.64. The lowest BCUT2D eigenvalue weighted by Gasteiger charge is -2.24. The Labute approximate surface area is 143 Å². The average molecular weight is 342 g/mol.